The Morgan fingerprint density at radius 1 is 1.37 bits per heavy atom. The molecule has 3 aromatic rings. The average Bonchev–Trinajstić information content (AvgIpc) is 3.04. The van der Waals surface area contributed by atoms with Crippen molar-refractivity contribution in [2.24, 2.45) is 0 Å². The zero-order valence-corrected chi connectivity index (χ0v) is 11.5. The maximum absolute atomic E-state index is 4.76. The molecule has 96 valence electrons. The molecular weight excluding hydrogens is 256 g/mol. The van der Waals surface area contributed by atoms with Crippen LogP contribution in [0.5, 0.6) is 0 Å². The zero-order chi connectivity index (χ0) is 12.8. The summed E-state index contributed by atoms with van der Waals surface area (Å²) in [4.78, 5) is 7.10. The minimum atomic E-state index is 0.883. The van der Waals surface area contributed by atoms with Crippen LogP contribution < -0.4 is 4.90 Å². The van der Waals surface area contributed by atoms with E-state index in [1.807, 2.05) is 6.20 Å². The number of nitrogens with zero attached hydrogens (tertiary/aromatic N) is 3. The van der Waals surface area contributed by atoms with E-state index in [-0.39, 0.29) is 0 Å². The summed E-state index contributed by atoms with van der Waals surface area (Å²) in [6.45, 7) is 4.05. The molecule has 4 rings (SSSR count). The van der Waals surface area contributed by atoms with Crippen molar-refractivity contribution in [3.05, 3.63) is 41.2 Å². The molecule has 0 unspecified atom stereocenters. The van der Waals surface area contributed by atoms with Gasteiger partial charge in [-0.25, -0.2) is 4.98 Å². The van der Waals surface area contributed by atoms with Gasteiger partial charge in [0, 0.05) is 6.54 Å². The first kappa shape index (κ1) is 11.0. The maximum Gasteiger partial charge on any atom is 0.186 e. The van der Waals surface area contributed by atoms with Crippen molar-refractivity contribution in [2.75, 3.05) is 11.4 Å². The monoisotopic (exact) mass is 270 g/mol. The van der Waals surface area contributed by atoms with E-state index in [4.69, 9.17) is 4.98 Å². The van der Waals surface area contributed by atoms with Crippen LogP contribution in [-0.2, 0) is 13.0 Å². The Kier molecular flexibility index (Phi) is 2.35. The molecule has 0 aliphatic carbocycles. The van der Waals surface area contributed by atoms with E-state index in [1.165, 1.54) is 21.5 Å². The van der Waals surface area contributed by atoms with Crippen LogP contribution in [-0.4, -0.2) is 21.7 Å². The summed E-state index contributed by atoms with van der Waals surface area (Å²) in [7, 11) is 0. The van der Waals surface area contributed by atoms with Crippen molar-refractivity contribution >= 4 is 26.7 Å². The van der Waals surface area contributed by atoms with Crippen LogP contribution in [0.1, 0.15) is 16.8 Å². The molecule has 0 saturated carbocycles. The standard InChI is InChI=1S/C14H14N4S/c1-9-3-2-4-11-13(9)19-14(16-11)18-6-5-10-7-15-17-12(10)8-18/h2-4,7H,5-6,8H2,1H3,(H,15,17). The first-order valence-corrected chi connectivity index (χ1v) is 7.25. The van der Waals surface area contributed by atoms with E-state index in [9.17, 15) is 0 Å². The number of hydrogen-bond acceptors (Lipinski definition) is 4. The Balaban J connectivity index is 1.74. The fraction of sp³-hybridized carbons (Fsp3) is 0.286. The maximum atomic E-state index is 4.76. The lowest BCUT2D eigenvalue weighted by Crippen LogP contribution is -2.29. The lowest BCUT2D eigenvalue weighted by Gasteiger charge is -2.25. The van der Waals surface area contributed by atoms with E-state index in [1.54, 1.807) is 11.3 Å². The molecule has 0 amide bonds. The summed E-state index contributed by atoms with van der Waals surface area (Å²) in [5, 5.41) is 8.32. The molecule has 1 aromatic carbocycles. The smallest absolute Gasteiger partial charge is 0.186 e. The van der Waals surface area contributed by atoms with Gasteiger partial charge in [0.05, 0.1) is 28.7 Å². The number of aromatic nitrogens is 3. The summed E-state index contributed by atoms with van der Waals surface area (Å²) in [6.07, 6.45) is 2.98. The number of hydrogen-bond donors (Lipinski definition) is 1. The molecule has 0 radical (unpaired) electrons. The molecule has 0 fully saturated rings. The molecule has 0 saturated heterocycles. The number of thiazole rings is 1. The molecule has 5 heteroatoms. The lowest BCUT2D eigenvalue weighted by atomic mass is 10.1. The van der Waals surface area contributed by atoms with Crippen LogP contribution in [0.4, 0.5) is 5.13 Å². The third kappa shape index (κ3) is 1.73. The summed E-state index contributed by atoms with van der Waals surface area (Å²) < 4.78 is 1.30. The van der Waals surface area contributed by atoms with E-state index in [0.29, 0.717) is 0 Å². The van der Waals surface area contributed by atoms with E-state index in [0.717, 1.165) is 30.2 Å². The van der Waals surface area contributed by atoms with Crippen LogP contribution in [0.2, 0.25) is 0 Å². The van der Waals surface area contributed by atoms with Gasteiger partial charge in [0.1, 0.15) is 0 Å². The van der Waals surface area contributed by atoms with Crippen LogP contribution in [0.15, 0.2) is 24.4 Å². The molecule has 1 aliphatic rings. The number of fused-ring (bicyclic) bond motifs is 2. The van der Waals surface area contributed by atoms with Crippen LogP contribution in [0.25, 0.3) is 10.2 Å². The number of rotatable bonds is 1. The molecule has 1 aliphatic heterocycles. The molecule has 2 aromatic heterocycles. The molecule has 19 heavy (non-hydrogen) atoms. The summed E-state index contributed by atoms with van der Waals surface area (Å²) in [6, 6.07) is 6.31. The van der Waals surface area contributed by atoms with Gasteiger partial charge in [-0.1, -0.05) is 23.5 Å². The topological polar surface area (TPSA) is 44.8 Å². The van der Waals surface area contributed by atoms with Crippen molar-refractivity contribution < 1.29 is 0 Å². The third-order valence-corrected chi connectivity index (χ3v) is 4.95. The van der Waals surface area contributed by atoms with Gasteiger partial charge in [-0.2, -0.15) is 5.10 Å². The predicted octanol–water partition coefficient (Wildman–Crippen LogP) is 2.89. The Morgan fingerprint density at radius 3 is 3.21 bits per heavy atom. The van der Waals surface area contributed by atoms with Crippen LogP contribution >= 0.6 is 11.3 Å². The van der Waals surface area contributed by atoms with E-state index >= 15 is 0 Å². The first-order chi connectivity index (χ1) is 9.31. The second-order valence-corrected chi connectivity index (χ2v) is 5.94. The van der Waals surface area contributed by atoms with Gasteiger partial charge in [-0.05, 0) is 30.5 Å². The normalized spacial score (nSPS) is 14.9. The Hall–Kier alpha value is -1.88. The SMILES string of the molecule is Cc1cccc2nc(N3CCc4cn[nH]c4C3)sc12. The third-order valence-electron chi connectivity index (χ3n) is 3.68. The Bertz CT molecular complexity index is 743. The van der Waals surface area contributed by atoms with Crippen molar-refractivity contribution in [3.63, 3.8) is 0 Å². The van der Waals surface area contributed by atoms with Gasteiger partial charge in [0.15, 0.2) is 5.13 Å². The minimum Gasteiger partial charge on any atom is -0.342 e. The van der Waals surface area contributed by atoms with Crippen molar-refractivity contribution in [3.8, 4) is 0 Å². The van der Waals surface area contributed by atoms with Gasteiger partial charge in [0.25, 0.3) is 0 Å². The van der Waals surface area contributed by atoms with E-state index < -0.39 is 0 Å². The number of anilines is 1. The highest BCUT2D eigenvalue weighted by molar-refractivity contribution is 7.22. The number of H-pyrrole nitrogens is 1. The van der Waals surface area contributed by atoms with Gasteiger partial charge in [-0.15, -0.1) is 0 Å². The summed E-state index contributed by atoms with van der Waals surface area (Å²) >= 11 is 1.79. The van der Waals surface area contributed by atoms with Crippen LogP contribution in [0, 0.1) is 6.92 Å². The number of aryl methyl sites for hydroxylation is 1. The average molecular weight is 270 g/mol. The molecule has 1 N–H and O–H groups in total. The van der Waals surface area contributed by atoms with Crippen molar-refractivity contribution in [1.82, 2.24) is 15.2 Å². The molecule has 0 atom stereocenters. The van der Waals surface area contributed by atoms with Gasteiger partial charge in [-0.3, -0.25) is 5.10 Å². The minimum absolute atomic E-state index is 0.883. The number of nitrogens with one attached hydrogen (secondary N) is 1. The van der Waals surface area contributed by atoms with Gasteiger partial charge < -0.3 is 4.90 Å². The van der Waals surface area contributed by atoms with Gasteiger partial charge in [0.2, 0.25) is 0 Å². The lowest BCUT2D eigenvalue weighted by molar-refractivity contribution is 0.716. The second-order valence-electron chi connectivity index (χ2n) is 4.96. The fourth-order valence-electron chi connectivity index (χ4n) is 2.59. The highest BCUT2D eigenvalue weighted by Crippen LogP contribution is 2.33. The van der Waals surface area contributed by atoms with Gasteiger partial charge >= 0.3 is 0 Å². The molecule has 0 bridgehead atoms. The summed E-state index contributed by atoms with van der Waals surface area (Å²) in [5.74, 6) is 0. The molecule has 0 spiro atoms. The first-order valence-electron chi connectivity index (χ1n) is 6.43. The number of aromatic amines is 1. The predicted molar refractivity (Wildman–Crippen MR) is 77.7 cm³/mol. The molecular formula is C14H14N4S. The van der Waals surface area contributed by atoms with E-state index in [2.05, 4.69) is 40.2 Å². The second kappa shape index (κ2) is 4.06. The largest absolute Gasteiger partial charge is 0.342 e. The molecule has 4 nitrogen and oxygen atoms in total. The Morgan fingerprint density at radius 2 is 2.32 bits per heavy atom. The van der Waals surface area contributed by atoms with Crippen molar-refractivity contribution in [2.45, 2.75) is 19.9 Å². The zero-order valence-electron chi connectivity index (χ0n) is 10.7. The quantitative estimate of drug-likeness (QED) is 0.739. The van der Waals surface area contributed by atoms with Crippen molar-refractivity contribution in [1.29, 1.82) is 0 Å². The molecule has 3 heterocycles. The Labute approximate surface area is 115 Å². The van der Waals surface area contributed by atoms with Crippen LogP contribution in [0.3, 0.4) is 0 Å². The number of benzene rings is 1. The fourth-order valence-corrected chi connectivity index (χ4v) is 3.65. The highest BCUT2D eigenvalue weighted by Gasteiger charge is 2.20. The summed E-state index contributed by atoms with van der Waals surface area (Å²) in [5.41, 5.74) is 4.98. The highest BCUT2D eigenvalue weighted by atomic mass is 32.1.